The molecule has 3 N–H and O–H groups in total. The number of nitrogens with zero attached hydrogens (tertiary/aromatic N) is 4. The number of hydrogen-bond acceptors (Lipinski definition) is 7. The molecule has 0 fully saturated rings. The lowest BCUT2D eigenvalue weighted by Crippen LogP contribution is -2.24. The summed E-state index contributed by atoms with van der Waals surface area (Å²) in [6.45, 7) is 1.63. The second-order valence-corrected chi connectivity index (χ2v) is 8.60. The minimum Gasteiger partial charge on any atom is -0.397 e. The van der Waals surface area contributed by atoms with E-state index in [0.717, 1.165) is 18.7 Å². The average molecular weight is 571 g/mol. The number of aryl methyl sites for hydroxylation is 1. The van der Waals surface area contributed by atoms with E-state index < -0.39 is 41.6 Å². The first-order valence-corrected chi connectivity index (χ1v) is 12.0. The average Bonchev–Trinajstić information content (AvgIpc) is 2.88. The van der Waals surface area contributed by atoms with Crippen molar-refractivity contribution in [1.82, 2.24) is 25.1 Å². The molecule has 1 aromatic carbocycles. The van der Waals surface area contributed by atoms with E-state index in [1.165, 1.54) is 18.5 Å². The number of nitrogen functional groups attached to an aromatic ring is 1. The second kappa shape index (κ2) is 14.8. The number of nitrogens with two attached hydrogens (primary N) is 1. The van der Waals surface area contributed by atoms with E-state index in [0.29, 0.717) is 23.8 Å². The highest BCUT2D eigenvalue weighted by atomic mass is 19.4. The van der Waals surface area contributed by atoms with Gasteiger partial charge in [-0.2, -0.15) is 18.3 Å². The van der Waals surface area contributed by atoms with Crippen LogP contribution in [0.2, 0.25) is 0 Å². The Kier molecular flexibility index (Phi) is 11.8. The zero-order chi connectivity index (χ0) is 29.9. The maximum absolute atomic E-state index is 14.4. The Labute approximate surface area is 226 Å². The smallest absolute Gasteiger partial charge is 0.397 e. The number of aromatic nitrogens is 4. The van der Waals surface area contributed by atoms with Crippen LogP contribution in [0.5, 0.6) is 0 Å². The fourth-order valence-corrected chi connectivity index (χ4v) is 3.45. The van der Waals surface area contributed by atoms with Crippen molar-refractivity contribution in [3.8, 4) is 11.4 Å². The number of halogens is 6. The molecule has 0 aliphatic carbocycles. The Morgan fingerprint density at radius 2 is 1.82 bits per heavy atom. The number of carbonyl (C=O) groups excluding carboxylic acids is 1. The molecule has 0 radical (unpaired) electrons. The third-order valence-corrected chi connectivity index (χ3v) is 5.39. The molecule has 8 nitrogen and oxygen atoms in total. The molecule has 14 heteroatoms. The molecule has 0 spiro atoms. The summed E-state index contributed by atoms with van der Waals surface area (Å²) >= 11 is 0. The number of anilines is 1. The van der Waals surface area contributed by atoms with Crippen molar-refractivity contribution in [2.45, 2.75) is 38.5 Å². The zero-order valence-electron chi connectivity index (χ0n) is 21.7. The topological polar surface area (TPSA) is 118 Å². The third-order valence-electron chi connectivity index (χ3n) is 5.39. The molecule has 3 rings (SSSR count). The number of alkyl halides is 5. The number of carbonyl (C=O) groups is 1. The van der Waals surface area contributed by atoms with Crippen molar-refractivity contribution in [3.05, 3.63) is 75.3 Å². The van der Waals surface area contributed by atoms with Gasteiger partial charge in [-0.3, -0.25) is 14.0 Å². The highest BCUT2D eigenvalue weighted by Crippen LogP contribution is 2.29. The summed E-state index contributed by atoms with van der Waals surface area (Å²) in [5.41, 5.74) is 2.89. The van der Waals surface area contributed by atoms with Gasteiger partial charge in [0.2, 0.25) is 0 Å². The number of benzene rings is 1. The van der Waals surface area contributed by atoms with Crippen molar-refractivity contribution in [1.29, 1.82) is 0 Å². The van der Waals surface area contributed by atoms with Crippen LogP contribution in [-0.2, 0) is 12.6 Å². The fourth-order valence-electron chi connectivity index (χ4n) is 3.45. The largest absolute Gasteiger partial charge is 0.423 e. The highest BCUT2D eigenvalue weighted by molar-refractivity contribution is 5.84. The second-order valence-electron chi connectivity index (χ2n) is 8.60. The fraction of sp³-hybridized carbons (Fsp3) is 0.346. The summed E-state index contributed by atoms with van der Waals surface area (Å²) in [5.74, 6) is -0.482. The summed E-state index contributed by atoms with van der Waals surface area (Å²) in [5, 5.41) is 4.74. The number of nitrogens with one attached hydrogen (secondary N) is 1. The number of aldehydes is 1. The van der Waals surface area contributed by atoms with Gasteiger partial charge in [-0.15, -0.1) is 0 Å². The van der Waals surface area contributed by atoms with Crippen LogP contribution in [0, 0.1) is 5.82 Å². The number of rotatable bonds is 10. The number of hydrogen-bond donors (Lipinski definition) is 2. The Hall–Kier alpha value is -4.23. The Morgan fingerprint density at radius 3 is 2.35 bits per heavy atom. The molecule has 0 saturated heterocycles. The first kappa shape index (κ1) is 32.0. The molecular weight excluding hydrogens is 542 g/mol. The van der Waals surface area contributed by atoms with Gasteiger partial charge in [0, 0.05) is 38.0 Å². The molecule has 3 aromatic rings. The monoisotopic (exact) mass is 570 g/mol. The molecule has 0 aliphatic rings. The van der Waals surface area contributed by atoms with Gasteiger partial charge < -0.3 is 10.6 Å². The molecule has 216 valence electrons. The molecule has 2 aromatic heterocycles. The van der Waals surface area contributed by atoms with E-state index in [1.807, 2.05) is 6.92 Å². The summed E-state index contributed by atoms with van der Waals surface area (Å²) in [6, 6.07) is 2.60. The van der Waals surface area contributed by atoms with Crippen molar-refractivity contribution >= 4 is 18.0 Å². The summed E-state index contributed by atoms with van der Waals surface area (Å²) in [6.07, 6.45) is 3.25. The molecule has 1 atom stereocenters. The van der Waals surface area contributed by atoms with Crippen LogP contribution in [-0.4, -0.2) is 57.8 Å². The van der Waals surface area contributed by atoms with Crippen LogP contribution in [0.1, 0.15) is 46.8 Å². The van der Waals surface area contributed by atoms with Crippen molar-refractivity contribution in [2.24, 2.45) is 0 Å². The van der Waals surface area contributed by atoms with Gasteiger partial charge in [-0.05, 0) is 42.0 Å². The lowest BCUT2D eigenvalue weighted by molar-refractivity contribution is -0.138. The quantitative estimate of drug-likeness (QED) is 0.260. The van der Waals surface area contributed by atoms with Gasteiger partial charge in [0.15, 0.2) is 12.1 Å². The predicted molar refractivity (Wildman–Crippen MR) is 138 cm³/mol. The van der Waals surface area contributed by atoms with E-state index in [4.69, 9.17) is 5.73 Å². The molecule has 0 saturated carbocycles. The van der Waals surface area contributed by atoms with Crippen LogP contribution in [0.3, 0.4) is 0 Å². The van der Waals surface area contributed by atoms with E-state index in [2.05, 4.69) is 15.1 Å². The molecule has 0 aliphatic heterocycles. The van der Waals surface area contributed by atoms with Gasteiger partial charge in [0.1, 0.15) is 17.6 Å². The van der Waals surface area contributed by atoms with Gasteiger partial charge in [-0.1, -0.05) is 13.3 Å². The Balaban J connectivity index is 0.000000389. The standard InChI is InChI=1S/C21H24F3N3O.C5H4F3N3O/c1-3-4-18(23)13-27(2)8-6-16-9-19(20(24)10-17(16)14-28)21-25-11-15(5-7-22)12-26-21;6-5(7,8)3-2(9)1-10-11-4(3)12/h6,8-12,14,18H,3-5,7,13H2,1-2H3;1H,(H3,9,11,12)/b8-6-;. The molecule has 1 unspecified atom stereocenters. The Morgan fingerprint density at radius 1 is 1.15 bits per heavy atom. The minimum atomic E-state index is -4.74. The van der Waals surface area contributed by atoms with Crippen molar-refractivity contribution in [2.75, 3.05) is 26.0 Å². The van der Waals surface area contributed by atoms with E-state index in [9.17, 15) is 35.9 Å². The molecule has 0 bridgehead atoms. The summed E-state index contributed by atoms with van der Waals surface area (Å²) in [7, 11) is 1.73. The SMILES string of the molecule is CCCC(F)CN(C)/C=C\c1cc(-c2ncc(CCF)cn2)c(F)cc1C=O.Nc1cn[nH]c(=O)c1C(F)(F)F. The van der Waals surface area contributed by atoms with Crippen LogP contribution in [0.25, 0.3) is 17.5 Å². The van der Waals surface area contributed by atoms with E-state index in [1.54, 1.807) is 29.3 Å². The summed E-state index contributed by atoms with van der Waals surface area (Å²) in [4.78, 5) is 31.7. The molecular formula is C26H28F6N6O2. The normalized spacial score (nSPS) is 12.1. The molecule has 0 amide bonds. The Bertz CT molecular complexity index is 1340. The highest BCUT2D eigenvalue weighted by Gasteiger charge is 2.36. The van der Waals surface area contributed by atoms with Gasteiger partial charge >= 0.3 is 6.18 Å². The van der Waals surface area contributed by atoms with Crippen LogP contribution in [0.4, 0.5) is 32.0 Å². The van der Waals surface area contributed by atoms with Gasteiger partial charge in [0.05, 0.1) is 24.1 Å². The lowest BCUT2D eigenvalue weighted by atomic mass is 10.0. The van der Waals surface area contributed by atoms with E-state index in [-0.39, 0.29) is 29.9 Å². The van der Waals surface area contributed by atoms with Crippen molar-refractivity contribution < 1.29 is 31.1 Å². The van der Waals surface area contributed by atoms with Crippen LogP contribution >= 0.6 is 0 Å². The maximum atomic E-state index is 14.4. The number of H-pyrrole nitrogens is 1. The minimum absolute atomic E-state index is 0.133. The van der Waals surface area contributed by atoms with Gasteiger partial charge in [-0.25, -0.2) is 23.8 Å². The zero-order valence-corrected chi connectivity index (χ0v) is 21.7. The van der Waals surface area contributed by atoms with E-state index >= 15 is 0 Å². The molecule has 40 heavy (non-hydrogen) atoms. The number of aromatic amines is 1. The first-order chi connectivity index (χ1) is 18.9. The summed E-state index contributed by atoms with van der Waals surface area (Å²) < 4.78 is 76.5. The molecule has 2 heterocycles. The predicted octanol–water partition coefficient (Wildman–Crippen LogP) is 5.02. The van der Waals surface area contributed by atoms with Gasteiger partial charge in [0.25, 0.3) is 5.56 Å². The maximum Gasteiger partial charge on any atom is 0.423 e. The third kappa shape index (κ3) is 9.20. The van der Waals surface area contributed by atoms with Crippen LogP contribution in [0.15, 0.2) is 41.7 Å². The first-order valence-electron chi connectivity index (χ1n) is 12.0. The lowest BCUT2D eigenvalue weighted by Gasteiger charge is -2.17. The van der Waals surface area contributed by atoms with Crippen molar-refractivity contribution in [3.63, 3.8) is 0 Å². The van der Waals surface area contributed by atoms with Crippen LogP contribution < -0.4 is 11.3 Å².